The summed E-state index contributed by atoms with van der Waals surface area (Å²) in [5.41, 5.74) is 1.61. The lowest BCUT2D eigenvalue weighted by molar-refractivity contribution is 0.0613. The average molecular weight is 259 g/mol. The van der Waals surface area contributed by atoms with E-state index in [0.717, 1.165) is 11.7 Å². The number of nitrogens with one attached hydrogen (secondary N) is 1. The van der Waals surface area contributed by atoms with Gasteiger partial charge in [0.2, 0.25) is 0 Å². The maximum Gasteiger partial charge on any atom is 0.142 e. The van der Waals surface area contributed by atoms with Gasteiger partial charge in [-0.05, 0) is 42.7 Å². The normalized spacial score (nSPS) is 29.7. The Hall–Kier alpha value is -1.18. The van der Waals surface area contributed by atoms with Crippen molar-refractivity contribution in [2.75, 3.05) is 5.32 Å². The van der Waals surface area contributed by atoms with Crippen LogP contribution in [0.3, 0.4) is 0 Å². The molecule has 0 saturated heterocycles. The smallest absolute Gasteiger partial charge is 0.142 e. The van der Waals surface area contributed by atoms with Crippen LogP contribution in [0.15, 0.2) is 24.3 Å². The quantitative estimate of drug-likeness (QED) is 0.846. The second kappa shape index (κ2) is 4.73. The van der Waals surface area contributed by atoms with E-state index in [1.54, 1.807) is 0 Å². The Morgan fingerprint density at radius 3 is 2.84 bits per heavy atom. The van der Waals surface area contributed by atoms with E-state index in [1.165, 1.54) is 31.4 Å². The molecular formula is C17H25NO. The van der Waals surface area contributed by atoms with Crippen LogP contribution >= 0.6 is 0 Å². The highest BCUT2D eigenvalue weighted by molar-refractivity contribution is 5.58. The first kappa shape index (κ1) is 12.8. The lowest BCUT2D eigenvalue weighted by atomic mass is 9.67. The zero-order valence-corrected chi connectivity index (χ0v) is 12.3. The summed E-state index contributed by atoms with van der Waals surface area (Å²) in [6, 6.07) is 8.80. The molecule has 1 fully saturated rings. The summed E-state index contributed by atoms with van der Waals surface area (Å²) >= 11 is 0. The van der Waals surface area contributed by atoms with Crippen LogP contribution in [0.1, 0.15) is 46.5 Å². The minimum atomic E-state index is 0.360. The minimum Gasteiger partial charge on any atom is -0.486 e. The van der Waals surface area contributed by atoms with E-state index < -0.39 is 0 Å². The molecule has 3 unspecified atom stereocenters. The van der Waals surface area contributed by atoms with Crippen molar-refractivity contribution in [3.05, 3.63) is 24.3 Å². The molecule has 1 aliphatic heterocycles. The number of ether oxygens (including phenoxy) is 1. The van der Waals surface area contributed by atoms with E-state index in [1.807, 2.05) is 6.07 Å². The third-order valence-corrected chi connectivity index (χ3v) is 5.31. The number of para-hydroxylation sites is 2. The molecule has 0 bridgehead atoms. The number of fused-ring (bicyclic) bond motifs is 2. The Morgan fingerprint density at radius 2 is 2.05 bits per heavy atom. The zero-order valence-electron chi connectivity index (χ0n) is 12.3. The number of hydrogen-bond donors (Lipinski definition) is 1. The first-order chi connectivity index (χ1) is 9.10. The summed E-state index contributed by atoms with van der Waals surface area (Å²) in [5.74, 6) is 1.83. The van der Waals surface area contributed by atoms with Crippen molar-refractivity contribution in [3.8, 4) is 5.75 Å². The SMILES string of the molecule is CCC(C)(C)C1CCC2Oc3ccccc3NC2C1. The molecule has 2 nitrogen and oxygen atoms in total. The Labute approximate surface area is 116 Å². The van der Waals surface area contributed by atoms with Gasteiger partial charge in [0.25, 0.3) is 0 Å². The van der Waals surface area contributed by atoms with Crippen molar-refractivity contribution in [2.45, 2.75) is 58.6 Å². The number of anilines is 1. The first-order valence-corrected chi connectivity index (χ1v) is 7.62. The van der Waals surface area contributed by atoms with Gasteiger partial charge in [-0.1, -0.05) is 39.3 Å². The summed E-state index contributed by atoms with van der Waals surface area (Å²) in [6.45, 7) is 7.14. The van der Waals surface area contributed by atoms with Gasteiger partial charge in [0, 0.05) is 0 Å². The molecule has 1 aromatic rings. The first-order valence-electron chi connectivity index (χ1n) is 7.62. The molecule has 2 heteroatoms. The van der Waals surface area contributed by atoms with Crippen LogP contribution in [0.5, 0.6) is 5.75 Å². The minimum absolute atomic E-state index is 0.360. The molecule has 1 aliphatic carbocycles. The van der Waals surface area contributed by atoms with E-state index in [2.05, 4.69) is 44.3 Å². The molecular weight excluding hydrogens is 234 g/mol. The third kappa shape index (κ3) is 2.33. The van der Waals surface area contributed by atoms with Gasteiger partial charge in [-0.15, -0.1) is 0 Å². The van der Waals surface area contributed by atoms with Crippen LogP contribution in [-0.2, 0) is 0 Å². The lowest BCUT2D eigenvalue weighted by Gasteiger charge is -2.45. The van der Waals surface area contributed by atoms with Crippen LogP contribution in [0.25, 0.3) is 0 Å². The fourth-order valence-electron chi connectivity index (χ4n) is 3.49. The highest BCUT2D eigenvalue weighted by Gasteiger charge is 2.40. The predicted octanol–water partition coefficient (Wildman–Crippen LogP) is 4.46. The van der Waals surface area contributed by atoms with Crippen molar-refractivity contribution in [3.63, 3.8) is 0 Å². The molecule has 1 heterocycles. The lowest BCUT2D eigenvalue weighted by Crippen LogP contribution is -2.48. The van der Waals surface area contributed by atoms with Gasteiger partial charge in [0.1, 0.15) is 11.9 Å². The Morgan fingerprint density at radius 1 is 1.26 bits per heavy atom. The molecule has 0 amide bonds. The predicted molar refractivity (Wildman–Crippen MR) is 79.7 cm³/mol. The summed E-state index contributed by atoms with van der Waals surface area (Å²) in [7, 11) is 0. The van der Waals surface area contributed by atoms with Gasteiger partial charge < -0.3 is 10.1 Å². The average Bonchev–Trinajstić information content (AvgIpc) is 2.44. The van der Waals surface area contributed by atoms with E-state index in [0.29, 0.717) is 17.6 Å². The molecule has 1 aromatic carbocycles. The van der Waals surface area contributed by atoms with Crippen LogP contribution in [0.4, 0.5) is 5.69 Å². The van der Waals surface area contributed by atoms with E-state index in [4.69, 9.17) is 4.74 Å². The van der Waals surface area contributed by atoms with Crippen molar-refractivity contribution in [1.29, 1.82) is 0 Å². The number of rotatable bonds is 2. The Bertz CT molecular complexity index is 454. The molecule has 19 heavy (non-hydrogen) atoms. The maximum atomic E-state index is 6.17. The van der Waals surface area contributed by atoms with Crippen molar-refractivity contribution in [1.82, 2.24) is 0 Å². The van der Waals surface area contributed by atoms with Crippen LogP contribution in [0.2, 0.25) is 0 Å². The summed E-state index contributed by atoms with van der Waals surface area (Å²) in [4.78, 5) is 0. The molecule has 1 N–H and O–H groups in total. The van der Waals surface area contributed by atoms with Gasteiger partial charge >= 0.3 is 0 Å². The van der Waals surface area contributed by atoms with Crippen molar-refractivity contribution >= 4 is 5.69 Å². The molecule has 3 rings (SSSR count). The standard InChI is InChI=1S/C17H25NO/c1-4-17(2,3)12-9-10-16-14(11-12)18-13-7-5-6-8-15(13)19-16/h5-8,12,14,16,18H,4,9-11H2,1-3H3. The van der Waals surface area contributed by atoms with Crippen molar-refractivity contribution < 1.29 is 4.74 Å². The van der Waals surface area contributed by atoms with Crippen LogP contribution in [-0.4, -0.2) is 12.1 Å². The van der Waals surface area contributed by atoms with E-state index in [-0.39, 0.29) is 0 Å². The van der Waals surface area contributed by atoms with E-state index >= 15 is 0 Å². The van der Waals surface area contributed by atoms with Gasteiger partial charge in [0.05, 0.1) is 11.7 Å². The number of benzene rings is 1. The Balaban J connectivity index is 1.76. The van der Waals surface area contributed by atoms with E-state index in [9.17, 15) is 0 Å². The summed E-state index contributed by atoms with van der Waals surface area (Å²) in [5, 5.41) is 3.70. The topological polar surface area (TPSA) is 21.3 Å². The monoisotopic (exact) mass is 259 g/mol. The van der Waals surface area contributed by atoms with Gasteiger partial charge in [-0.25, -0.2) is 0 Å². The molecule has 0 aromatic heterocycles. The van der Waals surface area contributed by atoms with Gasteiger partial charge in [-0.3, -0.25) is 0 Å². The molecule has 0 spiro atoms. The molecule has 2 aliphatic rings. The molecule has 0 radical (unpaired) electrons. The van der Waals surface area contributed by atoms with Crippen LogP contribution < -0.4 is 10.1 Å². The van der Waals surface area contributed by atoms with Gasteiger partial charge in [-0.2, -0.15) is 0 Å². The van der Waals surface area contributed by atoms with Crippen molar-refractivity contribution in [2.24, 2.45) is 11.3 Å². The second-order valence-corrected chi connectivity index (χ2v) is 6.76. The molecule has 3 atom stereocenters. The Kier molecular flexibility index (Phi) is 3.20. The maximum absolute atomic E-state index is 6.17. The second-order valence-electron chi connectivity index (χ2n) is 6.76. The molecule has 104 valence electrons. The zero-order chi connectivity index (χ0) is 13.5. The summed E-state index contributed by atoms with van der Waals surface area (Å²) in [6.07, 6.45) is 5.33. The largest absolute Gasteiger partial charge is 0.486 e. The summed E-state index contributed by atoms with van der Waals surface area (Å²) < 4.78 is 6.17. The fourth-order valence-corrected chi connectivity index (χ4v) is 3.49. The fraction of sp³-hybridized carbons (Fsp3) is 0.647. The third-order valence-electron chi connectivity index (χ3n) is 5.31. The number of hydrogen-bond acceptors (Lipinski definition) is 2. The highest BCUT2D eigenvalue weighted by Crippen LogP contribution is 2.44. The van der Waals surface area contributed by atoms with Crippen LogP contribution in [0, 0.1) is 11.3 Å². The molecule has 1 saturated carbocycles. The highest BCUT2D eigenvalue weighted by atomic mass is 16.5. The van der Waals surface area contributed by atoms with Gasteiger partial charge in [0.15, 0.2) is 0 Å².